The van der Waals surface area contributed by atoms with Crippen molar-refractivity contribution in [3.8, 4) is 0 Å². The van der Waals surface area contributed by atoms with Crippen LogP contribution in [0.25, 0.3) is 0 Å². The summed E-state index contributed by atoms with van der Waals surface area (Å²) in [4.78, 5) is 12.7. The second kappa shape index (κ2) is 9.29. The number of nitrogens with one attached hydrogen (secondary N) is 1. The van der Waals surface area contributed by atoms with Gasteiger partial charge in [0.05, 0.1) is 25.0 Å². The Hall–Kier alpha value is -2.22. The second-order valence-electron chi connectivity index (χ2n) is 7.95. The highest BCUT2D eigenvalue weighted by atomic mass is 32.2. The zero-order valence-electron chi connectivity index (χ0n) is 18.1. The van der Waals surface area contributed by atoms with Crippen molar-refractivity contribution in [1.29, 1.82) is 0 Å². The molecule has 0 aromatic heterocycles. The lowest BCUT2D eigenvalue weighted by Gasteiger charge is -2.26. The first-order chi connectivity index (χ1) is 14.2. The third-order valence-corrected chi connectivity index (χ3v) is 7.48. The summed E-state index contributed by atoms with van der Waals surface area (Å²) in [7, 11) is -3.38. The molecule has 162 valence electrons. The van der Waals surface area contributed by atoms with Crippen molar-refractivity contribution in [3.63, 3.8) is 0 Å². The number of hydrogen-bond donors (Lipinski definition) is 1. The van der Waals surface area contributed by atoms with E-state index in [1.165, 1.54) is 15.4 Å². The van der Waals surface area contributed by atoms with Crippen LogP contribution in [0, 0.1) is 20.8 Å². The normalized spacial score (nSPS) is 16.3. The van der Waals surface area contributed by atoms with Crippen LogP contribution in [0.3, 0.4) is 0 Å². The fraction of sp³-hybridized carbons (Fsp3) is 0.435. The van der Waals surface area contributed by atoms with E-state index in [1.807, 2.05) is 13.8 Å². The van der Waals surface area contributed by atoms with Crippen molar-refractivity contribution in [2.45, 2.75) is 39.5 Å². The van der Waals surface area contributed by atoms with Gasteiger partial charge in [0, 0.05) is 18.7 Å². The van der Waals surface area contributed by atoms with Gasteiger partial charge >= 0.3 is 0 Å². The Morgan fingerprint density at radius 3 is 2.27 bits per heavy atom. The van der Waals surface area contributed by atoms with Gasteiger partial charge in [0.1, 0.15) is 0 Å². The number of ether oxygens (including phenoxy) is 1. The molecule has 1 atom stereocenters. The fourth-order valence-corrected chi connectivity index (χ4v) is 5.19. The summed E-state index contributed by atoms with van der Waals surface area (Å²) in [6, 6.07) is 10.9. The summed E-state index contributed by atoms with van der Waals surface area (Å²) in [6.07, 6.45) is 0. The third-order valence-electron chi connectivity index (χ3n) is 5.63. The van der Waals surface area contributed by atoms with E-state index in [9.17, 15) is 13.2 Å². The van der Waals surface area contributed by atoms with Gasteiger partial charge in [-0.3, -0.25) is 4.79 Å². The number of carbonyl (C=O) groups excluding carboxylic acids is 1. The summed E-state index contributed by atoms with van der Waals surface area (Å²) < 4.78 is 31.8. The maximum atomic E-state index is 12.7. The molecule has 3 rings (SSSR count). The molecule has 0 saturated carbocycles. The second-order valence-corrected chi connectivity index (χ2v) is 9.92. The third kappa shape index (κ3) is 5.28. The molecule has 2 aromatic rings. The van der Waals surface area contributed by atoms with Crippen LogP contribution in [0.1, 0.15) is 51.1 Å². The molecule has 0 radical (unpaired) electrons. The van der Waals surface area contributed by atoms with Crippen molar-refractivity contribution in [2.75, 3.05) is 26.3 Å². The maximum Gasteiger partial charge on any atom is 0.251 e. The summed E-state index contributed by atoms with van der Waals surface area (Å²) in [5.74, 6) is -0.254. The average molecular weight is 431 g/mol. The van der Waals surface area contributed by atoms with Crippen LogP contribution >= 0.6 is 0 Å². The molecule has 1 N–H and O–H groups in total. The lowest BCUT2D eigenvalue weighted by atomic mass is 9.96. The van der Waals surface area contributed by atoms with E-state index in [0.29, 0.717) is 37.4 Å². The van der Waals surface area contributed by atoms with Crippen LogP contribution in [-0.4, -0.2) is 44.9 Å². The van der Waals surface area contributed by atoms with E-state index in [2.05, 4.69) is 31.3 Å². The number of rotatable bonds is 6. The van der Waals surface area contributed by atoms with Gasteiger partial charge in [-0.2, -0.15) is 4.31 Å². The molecule has 0 spiro atoms. The van der Waals surface area contributed by atoms with Gasteiger partial charge in [0.2, 0.25) is 10.0 Å². The highest BCUT2D eigenvalue weighted by Crippen LogP contribution is 2.22. The first kappa shape index (κ1) is 22.5. The molecule has 1 aliphatic rings. The van der Waals surface area contributed by atoms with Gasteiger partial charge in [-0.05, 0) is 67.6 Å². The molecule has 0 bridgehead atoms. The van der Waals surface area contributed by atoms with E-state index in [0.717, 1.165) is 11.1 Å². The molecular formula is C23H30N2O4S. The standard InChI is InChI=1S/C23H30N2O4S/c1-16-13-18(3)22(14-17(16)2)19(4)24-23(26)21-7-5-20(6-8-21)15-30(27,28)25-9-11-29-12-10-25/h5-8,13-14,19H,9-12,15H2,1-4H3,(H,24,26)/t19-/m1/s1. The molecule has 7 heteroatoms. The number of amides is 1. The minimum absolute atomic E-state index is 0.0763. The van der Waals surface area contributed by atoms with E-state index in [1.54, 1.807) is 24.3 Å². The predicted molar refractivity (Wildman–Crippen MR) is 118 cm³/mol. The summed E-state index contributed by atoms with van der Waals surface area (Å²) >= 11 is 0. The summed E-state index contributed by atoms with van der Waals surface area (Å²) in [5, 5.41) is 3.04. The predicted octanol–water partition coefficient (Wildman–Crippen LogP) is 3.26. The molecular weight excluding hydrogens is 400 g/mol. The maximum absolute atomic E-state index is 12.7. The van der Waals surface area contributed by atoms with Gasteiger partial charge in [0.25, 0.3) is 5.91 Å². The monoisotopic (exact) mass is 430 g/mol. The Kier molecular flexibility index (Phi) is 6.95. The number of morpholine rings is 1. The van der Waals surface area contributed by atoms with E-state index in [4.69, 9.17) is 4.74 Å². The molecule has 0 aliphatic carbocycles. The first-order valence-electron chi connectivity index (χ1n) is 10.2. The highest BCUT2D eigenvalue weighted by Gasteiger charge is 2.24. The lowest BCUT2D eigenvalue weighted by molar-refractivity contribution is 0.0729. The van der Waals surface area contributed by atoms with Crippen LogP contribution in [0.4, 0.5) is 0 Å². The molecule has 1 saturated heterocycles. The zero-order chi connectivity index (χ0) is 21.9. The molecule has 1 amide bonds. The van der Waals surface area contributed by atoms with Crippen LogP contribution in [0.2, 0.25) is 0 Å². The van der Waals surface area contributed by atoms with Crippen LogP contribution in [0.15, 0.2) is 36.4 Å². The zero-order valence-corrected chi connectivity index (χ0v) is 18.9. The topological polar surface area (TPSA) is 75.7 Å². The van der Waals surface area contributed by atoms with E-state index in [-0.39, 0.29) is 17.7 Å². The van der Waals surface area contributed by atoms with Gasteiger partial charge in [-0.25, -0.2) is 8.42 Å². The SMILES string of the molecule is Cc1cc(C)c([C@@H](C)NC(=O)c2ccc(CS(=O)(=O)N3CCOCC3)cc2)cc1C. The van der Waals surface area contributed by atoms with E-state index >= 15 is 0 Å². The van der Waals surface area contributed by atoms with Gasteiger partial charge < -0.3 is 10.1 Å². The van der Waals surface area contributed by atoms with Crippen molar-refractivity contribution >= 4 is 15.9 Å². The largest absolute Gasteiger partial charge is 0.379 e. The Morgan fingerprint density at radius 2 is 1.63 bits per heavy atom. The number of carbonyl (C=O) groups is 1. The molecule has 6 nitrogen and oxygen atoms in total. The smallest absolute Gasteiger partial charge is 0.251 e. The summed E-state index contributed by atoms with van der Waals surface area (Å²) in [6.45, 7) is 9.79. The fourth-order valence-electron chi connectivity index (χ4n) is 3.69. The molecule has 0 unspecified atom stereocenters. The van der Waals surface area contributed by atoms with Crippen LogP contribution < -0.4 is 5.32 Å². The molecule has 1 fully saturated rings. The number of benzene rings is 2. The number of sulfonamides is 1. The van der Waals surface area contributed by atoms with Crippen molar-refractivity contribution < 1.29 is 17.9 Å². The molecule has 1 heterocycles. The Bertz CT molecular complexity index is 1010. The number of nitrogens with zero attached hydrogens (tertiary/aromatic N) is 1. The summed E-state index contributed by atoms with van der Waals surface area (Å²) in [5.41, 5.74) is 5.85. The first-order valence-corrected chi connectivity index (χ1v) is 11.8. The Balaban J connectivity index is 1.65. The van der Waals surface area contributed by atoms with Gasteiger partial charge in [-0.15, -0.1) is 0 Å². The molecule has 30 heavy (non-hydrogen) atoms. The van der Waals surface area contributed by atoms with Gasteiger partial charge in [-0.1, -0.05) is 24.3 Å². The van der Waals surface area contributed by atoms with Crippen molar-refractivity contribution in [3.05, 3.63) is 69.8 Å². The Labute approximate surface area is 179 Å². The van der Waals surface area contributed by atoms with Gasteiger partial charge in [0.15, 0.2) is 0 Å². The molecule has 1 aliphatic heterocycles. The minimum Gasteiger partial charge on any atom is -0.379 e. The lowest BCUT2D eigenvalue weighted by Crippen LogP contribution is -2.41. The number of aryl methyl sites for hydroxylation is 3. The van der Waals surface area contributed by atoms with Crippen LogP contribution in [-0.2, 0) is 20.5 Å². The van der Waals surface area contributed by atoms with Crippen molar-refractivity contribution in [2.24, 2.45) is 0 Å². The highest BCUT2D eigenvalue weighted by molar-refractivity contribution is 7.88. The minimum atomic E-state index is -3.38. The van der Waals surface area contributed by atoms with Crippen LogP contribution in [0.5, 0.6) is 0 Å². The number of hydrogen-bond acceptors (Lipinski definition) is 4. The van der Waals surface area contributed by atoms with E-state index < -0.39 is 10.0 Å². The van der Waals surface area contributed by atoms with Crippen molar-refractivity contribution in [1.82, 2.24) is 9.62 Å². The molecule has 2 aromatic carbocycles. The average Bonchev–Trinajstić information content (AvgIpc) is 2.71. The quantitative estimate of drug-likeness (QED) is 0.763. The Morgan fingerprint density at radius 1 is 1.03 bits per heavy atom.